The number of carbonyl (C=O) groups is 2. The molecule has 1 N–H and O–H groups in total. The summed E-state index contributed by atoms with van der Waals surface area (Å²) in [7, 11) is 1.66. The first-order valence-electron chi connectivity index (χ1n) is 7.40. The second-order valence-corrected chi connectivity index (χ2v) is 5.88. The second kappa shape index (κ2) is 6.54. The molecule has 0 aromatic carbocycles. The molecule has 2 aliphatic rings. The second-order valence-electron chi connectivity index (χ2n) is 5.88. The van der Waals surface area contributed by atoms with Crippen molar-refractivity contribution < 1.29 is 14.3 Å². The molecule has 2 amide bonds. The first kappa shape index (κ1) is 15.3. The van der Waals surface area contributed by atoms with Crippen LogP contribution in [0, 0.1) is 0 Å². The molecule has 0 saturated carbocycles. The summed E-state index contributed by atoms with van der Waals surface area (Å²) in [4.78, 5) is 28.0. The van der Waals surface area contributed by atoms with Crippen molar-refractivity contribution in [1.82, 2.24) is 15.1 Å². The third-order valence-electron chi connectivity index (χ3n) is 4.25. The zero-order chi connectivity index (χ0) is 14.6. The summed E-state index contributed by atoms with van der Waals surface area (Å²) in [6, 6.07) is 0. The fourth-order valence-electron chi connectivity index (χ4n) is 2.87. The molecule has 0 aromatic heterocycles. The predicted molar refractivity (Wildman–Crippen MR) is 75.3 cm³/mol. The lowest BCUT2D eigenvalue weighted by molar-refractivity contribution is -0.156. The summed E-state index contributed by atoms with van der Waals surface area (Å²) in [5, 5.41) is 3.23. The van der Waals surface area contributed by atoms with E-state index in [1.165, 1.54) is 0 Å². The number of nitrogens with one attached hydrogen (secondary N) is 1. The van der Waals surface area contributed by atoms with Crippen LogP contribution >= 0.6 is 0 Å². The number of amides is 2. The van der Waals surface area contributed by atoms with Gasteiger partial charge in [0.1, 0.15) is 0 Å². The number of likely N-dealkylation sites (tertiary alicyclic amines) is 1. The van der Waals surface area contributed by atoms with E-state index in [1.807, 2.05) is 6.92 Å². The van der Waals surface area contributed by atoms with Crippen molar-refractivity contribution in [2.75, 3.05) is 46.4 Å². The highest BCUT2D eigenvalue weighted by molar-refractivity contribution is 6.34. The van der Waals surface area contributed by atoms with Gasteiger partial charge in [0.25, 0.3) is 0 Å². The molecule has 20 heavy (non-hydrogen) atoms. The molecule has 2 fully saturated rings. The van der Waals surface area contributed by atoms with Gasteiger partial charge < -0.3 is 19.9 Å². The lowest BCUT2D eigenvalue weighted by Crippen LogP contribution is -2.54. The Morgan fingerprint density at radius 2 is 1.75 bits per heavy atom. The van der Waals surface area contributed by atoms with E-state index < -0.39 is 0 Å². The molecular weight excluding hydrogens is 258 g/mol. The Kier molecular flexibility index (Phi) is 4.99. The molecule has 2 aliphatic heterocycles. The lowest BCUT2D eigenvalue weighted by Gasteiger charge is -2.39. The van der Waals surface area contributed by atoms with Gasteiger partial charge in [-0.3, -0.25) is 9.59 Å². The number of hydrogen-bond acceptors (Lipinski definition) is 4. The van der Waals surface area contributed by atoms with Gasteiger partial charge >= 0.3 is 11.8 Å². The van der Waals surface area contributed by atoms with Crippen LogP contribution < -0.4 is 5.32 Å². The van der Waals surface area contributed by atoms with Crippen molar-refractivity contribution in [3.05, 3.63) is 0 Å². The third-order valence-corrected chi connectivity index (χ3v) is 4.25. The lowest BCUT2D eigenvalue weighted by atomic mass is 9.94. The number of piperidine rings is 1. The summed E-state index contributed by atoms with van der Waals surface area (Å²) in [6.07, 6.45) is 2.70. The summed E-state index contributed by atoms with van der Waals surface area (Å²) >= 11 is 0. The Morgan fingerprint density at radius 3 is 2.50 bits per heavy atom. The molecule has 6 nitrogen and oxygen atoms in total. The minimum atomic E-state index is -0.380. The van der Waals surface area contributed by atoms with Crippen LogP contribution in [0.1, 0.15) is 26.2 Å². The summed E-state index contributed by atoms with van der Waals surface area (Å²) in [5.41, 5.74) is -0.325. The Bertz CT molecular complexity index is 367. The van der Waals surface area contributed by atoms with Gasteiger partial charge in [-0.1, -0.05) is 0 Å². The molecule has 0 aliphatic carbocycles. The van der Waals surface area contributed by atoms with Crippen molar-refractivity contribution in [3.8, 4) is 0 Å². The minimum Gasteiger partial charge on any atom is -0.377 e. The SMILES string of the molecule is COC1(C)CCCN(C(=O)C(=O)N2CCCNCC2)C1. The van der Waals surface area contributed by atoms with Gasteiger partial charge in [0, 0.05) is 39.8 Å². The van der Waals surface area contributed by atoms with E-state index in [0.717, 1.165) is 32.4 Å². The van der Waals surface area contributed by atoms with Crippen molar-refractivity contribution in [1.29, 1.82) is 0 Å². The van der Waals surface area contributed by atoms with Crippen molar-refractivity contribution in [3.63, 3.8) is 0 Å². The van der Waals surface area contributed by atoms with E-state index in [-0.39, 0.29) is 17.4 Å². The Labute approximate surface area is 120 Å². The molecule has 2 saturated heterocycles. The molecule has 1 unspecified atom stereocenters. The van der Waals surface area contributed by atoms with Gasteiger partial charge in [0.05, 0.1) is 5.60 Å². The highest BCUT2D eigenvalue weighted by Gasteiger charge is 2.36. The Balaban J connectivity index is 1.97. The fraction of sp³-hybridized carbons (Fsp3) is 0.857. The molecule has 114 valence electrons. The smallest absolute Gasteiger partial charge is 0.312 e. The molecular formula is C14H25N3O3. The van der Waals surface area contributed by atoms with E-state index in [1.54, 1.807) is 16.9 Å². The maximum atomic E-state index is 12.4. The molecule has 0 bridgehead atoms. The van der Waals surface area contributed by atoms with Crippen molar-refractivity contribution >= 4 is 11.8 Å². The summed E-state index contributed by atoms with van der Waals surface area (Å²) in [5.74, 6) is -0.746. The molecule has 0 spiro atoms. The highest BCUT2D eigenvalue weighted by atomic mass is 16.5. The first-order valence-corrected chi connectivity index (χ1v) is 7.40. The van der Waals surface area contributed by atoms with Crippen LogP contribution in [-0.2, 0) is 14.3 Å². The van der Waals surface area contributed by atoms with E-state index >= 15 is 0 Å². The van der Waals surface area contributed by atoms with Gasteiger partial charge in [-0.2, -0.15) is 0 Å². The van der Waals surface area contributed by atoms with Gasteiger partial charge in [-0.15, -0.1) is 0 Å². The highest BCUT2D eigenvalue weighted by Crippen LogP contribution is 2.24. The predicted octanol–water partition coefficient (Wildman–Crippen LogP) is -0.164. The average molecular weight is 283 g/mol. The van der Waals surface area contributed by atoms with Gasteiger partial charge in [0.15, 0.2) is 0 Å². The topological polar surface area (TPSA) is 61.9 Å². The van der Waals surface area contributed by atoms with E-state index in [2.05, 4.69) is 5.32 Å². The summed E-state index contributed by atoms with van der Waals surface area (Å²) in [6.45, 7) is 6.08. The minimum absolute atomic E-state index is 0.325. The molecule has 1 atom stereocenters. The van der Waals surface area contributed by atoms with E-state index in [0.29, 0.717) is 26.2 Å². The quantitative estimate of drug-likeness (QED) is 0.679. The standard InChI is InChI=1S/C14H25N3O3/c1-14(20-2)5-3-8-17(11-14)13(19)12(18)16-9-4-6-15-7-10-16/h15H,3-11H2,1-2H3. The zero-order valence-electron chi connectivity index (χ0n) is 12.5. The zero-order valence-corrected chi connectivity index (χ0v) is 12.5. The van der Waals surface area contributed by atoms with Gasteiger partial charge in [-0.05, 0) is 32.7 Å². The summed E-state index contributed by atoms with van der Waals surface area (Å²) < 4.78 is 5.48. The van der Waals surface area contributed by atoms with Crippen molar-refractivity contribution in [2.45, 2.75) is 31.8 Å². The number of ether oxygens (including phenoxy) is 1. The van der Waals surface area contributed by atoms with E-state index in [9.17, 15) is 9.59 Å². The number of methoxy groups -OCH3 is 1. The van der Waals surface area contributed by atoms with Crippen LogP contribution in [0.2, 0.25) is 0 Å². The molecule has 2 heterocycles. The van der Waals surface area contributed by atoms with Crippen LogP contribution in [-0.4, -0.2) is 73.6 Å². The average Bonchev–Trinajstić information content (AvgIpc) is 2.75. The van der Waals surface area contributed by atoms with E-state index in [4.69, 9.17) is 4.74 Å². The number of hydrogen-bond donors (Lipinski definition) is 1. The molecule has 0 aromatic rings. The molecule has 2 rings (SSSR count). The Hall–Kier alpha value is -1.14. The van der Waals surface area contributed by atoms with Crippen molar-refractivity contribution in [2.24, 2.45) is 0 Å². The monoisotopic (exact) mass is 283 g/mol. The van der Waals surface area contributed by atoms with Crippen LogP contribution in [0.5, 0.6) is 0 Å². The molecule has 6 heteroatoms. The number of nitrogens with zero attached hydrogens (tertiary/aromatic N) is 2. The van der Waals surface area contributed by atoms with Crippen LogP contribution in [0.3, 0.4) is 0 Å². The largest absolute Gasteiger partial charge is 0.377 e. The van der Waals surface area contributed by atoms with Crippen LogP contribution in [0.4, 0.5) is 0 Å². The van der Waals surface area contributed by atoms with Gasteiger partial charge in [0.2, 0.25) is 0 Å². The van der Waals surface area contributed by atoms with Crippen LogP contribution in [0.25, 0.3) is 0 Å². The Morgan fingerprint density at radius 1 is 1.05 bits per heavy atom. The van der Waals surface area contributed by atoms with Crippen LogP contribution in [0.15, 0.2) is 0 Å². The number of carbonyl (C=O) groups excluding carboxylic acids is 2. The third kappa shape index (κ3) is 3.49. The first-order chi connectivity index (χ1) is 9.56. The fourth-order valence-corrected chi connectivity index (χ4v) is 2.87. The maximum Gasteiger partial charge on any atom is 0.312 e. The van der Waals surface area contributed by atoms with Gasteiger partial charge in [-0.25, -0.2) is 0 Å². The molecule has 0 radical (unpaired) electrons. The number of rotatable bonds is 1. The maximum absolute atomic E-state index is 12.4. The normalized spacial score (nSPS) is 28.1.